The van der Waals surface area contributed by atoms with Crippen molar-refractivity contribution in [3.8, 4) is 0 Å². The average molecular weight is 128 g/mol. The zero-order valence-electron chi connectivity index (χ0n) is 5.20. The summed E-state index contributed by atoms with van der Waals surface area (Å²) in [5.41, 5.74) is 1.63. The molecular formula is C8H4N2. The van der Waals surface area contributed by atoms with E-state index in [1.54, 1.807) is 12.4 Å². The van der Waals surface area contributed by atoms with Gasteiger partial charge in [-0.3, -0.25) is 9.97 Å². The van der Waals surface area contributed by atoms with E-state index in [4.69, 9.17) is 0 Å². The van der Waals surface area contributed by atoms with Crippen LogP contribution >= 0.6 is 0 Å². The van der Waals surface area contributed by atoms with Crippen molar-refractivity contribution in [2.45, 2.75) is 0 Å². The normalized spacial score (nSPS) is 10.0. The Labute approximate surface area is 58.6 Å². The highest BCUT2D eigenvalue weighted by Crippen LogP contribution is 2.03. The first-order chi connectivity index (χ1) is 4.97. The maximum Gasteiger partial charge on any atom is 0.0972 e. The summed E-state index contributed by atoms with van der Waals surface area (Å²) in [6, 6.07) is 9.33. The van der Waals surface area contributed by atoms with Crippen LogP contribution < -0.4 is 0 Å². The van der Waals surface area contributed by atoms with E-state index in [0.29, 0.717) is 0 Å². The van der Waals surface area contributed by atoms with Crippen LogP contribution in [0.2, 0.25) is 0 Å². The molecule has 46 valence electrons. The highest BCUT2D eigenvalue weighted by molar-refractivity contribution is 5.71. The van der Waals surface area contributed by atoms with E-state index in [9.17, 15) is 0 Å². The van der Waals surface area contributed by atoms with Gasteiger partial charge < -0.3 is 0 Å². The molecule has 2 rings (SSSR count). The van der Waals surface area contributed by atoms with Crippen LogP contribution in [0.1, 0.15) is 0 Å². The molecular weight excluding hydrogens is 124 g/mol. The van der Waals surface area contributed by atoms with Crippen molar-refractivity contribution < 1.29 is 0 Å². The van der Waals surface area contributed by atoms with Crippen molar-refractivity contribution in [2.75, 3.05) is 0 Å². The van der Waals surface area contributed by atoms with Crippen LogP contribution in [0.15, 0.2) is 24.5 Å². The first-order valence-electron chi connectivity index (χ1n) is 2.96. The molecule has 0 N–H and O–H groups in total. The number of aromatic nitrogens is 2. The second-order valence-electron chi connectivity index (χ2n) is 1.90. The van der Waals surface area contributed by atoms with Crippen molar-refractivity contribution in [2.24, 2.45) is 0 Å². The van der Waals surface area contributed by atoms with Crippen LogP contribution in [-0.2, 0) is 0 Å². The molecule has 10 heavy (non-hydrogen) atoms. The SMILES string of the molecule is [c]1[c]c2ncccc2nc1. The third-order valence-corrected chi connectivity index (χ3v) is 1.25. The second kappa shape index (κ2) is 2.06. The topological polar surface area (TPSA) is 25.8 Å². The van der Waals surface area contributed by atoms with Crippen molar-refractivity contribution in [3.05, 3.63) is 36.7 Å². The molecule has 0 bridgehead atoms. The molecule has 2 heterocycles. The van der Waals surface area contributed by atoms with Gasteiger partial charge in [0.15, 0.2) is 0 Å². The molecule has 2 aromatic heterocycles. The van der Waals surface area contributed by atoms with E-state index in [0.717, 1.165) is 11.0 Å². The molecule has 0 aliphatic rings. The largest absolute Gasteiger partial charge is 0.254 e. The van der Waals surface area contributed by atoms with Gasteiger partial charge in [-0.15, -0.1) is 0 Å². The lowest BCUT2D eigenvalue weighted by molar-refractivity contribution is 1.33. The highest BCUT2D eigenvalue weighted by Gasteiger charge is 1.89. The Hall–Kier alpha value is -1.44. The van der Waals surface area contributed by atoms with E-state index in [1.807, 2.05) is 12.1 Å². The Morgan fingerprint density at radius 3 is 3.20 bits per heavy atom. The fourth-order valence-electron chi connectivity index (χ4n) is 0.800. The maximum atomic E-state index is 4.03. The van der Waals surface area contributed by atoms with Crippen molar-refractivity contribution in [1.82, 2.24) is 9.97 Å². The standard InChI is InChI=1S/C8H4N2/c1-3-7-8(9-5-1)4-2-6-10-7/h1,3,5-6H. The van der Waals surface area contributed by atoms with E-state index in [2.05, 4.69) is 22.1 Å². The predicted molar refractivity (Wildman–Crippen MR) is 37.2 cm³/mol. The van der Waals surface area contributed by atoms with Gasteiger partial charge in [0, 0.05) is 24.5 Å². The van der Waals surface area contributed by atoms with Crippen molar-refractivity contribution in [1.29, 1.82) is 0 Å². The Bertz CT molecular complexity index is 278. The van der Waals surface area contributed by atoms with E-state index < -0.39 is 0 Å². The van der Waals surface area contributed by atoms with E-state index in [-0.39, 0.29) is 0 Å². The molecule has 0 amide bonds. The fraction of sp³-hybridized carbons (Fsp3) is 0. The molecule has 0 aromatic carbocycles. The Balaban J connectivity index is 2.89. The monoisotopic (exact) mass is 128 g/mol. The third kappa shape index (κ3) is 0.739. The minimum absolute atomic E-state index is 0.769. The summed E-state index contributed by atoms with van der Waals surface area (Å²) in [5, 5.41) is 0. The lowest BCUT2D eigenvalue weighted by Crippen LogP contribution is -1.79. The van der Waals surface area contributed by atoms with Gasteiger partial charge in [-0.1, -0.05) is 0 Å². The van der Waals surface area contributed by atoms with Crippen LogP contribution in [0.4, 0.5) is 0 Å². The Morgan fingerprint density at radius 2 is 2.30 bits per heavy atom. The number of nitrogens with zero attached hydrogens (tertiary/aromatic N) is 2. The molecule has 0 unspecified atom stereocenters. The third-order valence-electron chi connectivity index (χ3n) is 1.25. The molecule has 0 fully saturated rings. The van der Waals surface area contributed by atoms with Crippen LogP contribution in [-0.4, -0.2) is 9.97 Å². The average Bonchev–Trinajstić information content (AvgIpc) is 2.05. The lowest BCUT2D eigenvalue weighted by atomic mass is 10.3. The van der Waals surface area contributed by atoms with Crippen LogP contribution in [0.5, 0.6) is 0 Å². The van der Waals surface area contributed by atoms with E-state index in [1.165, 1.54) is 0 Å². The summed E-state index contributed by atoms with van der Waals surface area (Å²) < 4.78 is 0. The number of fused-ring (bicyclic) bond motifs is 1. The van der Waals surface area contributed by atoms with Crippen molar-refractivity contribution in [3.63, 3.8) is 0 Å². The Morgan fingerprint density at radius 1 is 1.30 bits per heavy atom. The van der Waals surface area contributed by atoms with Gasteiger partial charge in [0.25, 0.3) is 0 Å². The summed E-state index contributed by atoms with van der Waals surface area (Å²) in [5.74, 6) is 0. The van der Waals surface area contributed by atoms with Crippen LogP contribution in [0.25, 0.3) is 11.0 Å². The summed E-state index contributed by atoms with van der Waals surface area (Å²) in [4.78, 5) is 8.06. The van der Waals surface area contributed by atoms with Gasteiger partial charge in [-0.05, 0) is 12.1 Å². The number of pyridine rings is 2. The number of rotatable bonds is 0. The molecule has 0 atom stereocenters. The summed E-state index contributed by atoms with van der Waals surface area (Å²) in [6.07, 6.45) is 3.30. The first-order valence-corrected chi connectivity index (χ1v) is 2.96. The molecule has 0 spiro atoms. The minimum Gasteiger partial charge on any atom is -0.254 e. The molecule has 0 aliphatic carbocycles. The Kier molecular flexibility index (Phi) is 1.10. The smallest absolute Gasteiger partial charge is 0.0972 e. The maximum absolute atomic E-state index is 4.03. The van der Waals surface area contributed by atoms with Gasteiger partial charge in [0.2, 0.25) is 0 Å². The first kappa shape index (κ1) is 5.35. The fourth-order valence-corrected chi connectivity index (χ4v) is 0.800. The number of hydrogen-bond donors (Lipinski definition) is 0. The quantitative estimate of drug-likeness (QED) is 0.533. The minimum atomic E-state index is 0.769. The molecule has 2 aromatic rings. The predicted octanol–water partition coefficient (Wildman–Crippen LogP) is 1.23. The van der Waals surface area contributed by atoms with Gasteiger partial charge in [0.1, 0.15) is 0 Å². The zero-order chi connectivity index (χ0) is 6.81. The summed E-state index contributed by atoms with van der Waals surface area (Å²) in [7, 11) is 0. The van der Waals surface area contributed by atoms with Crippen LogP contribution in [0, 0.1) is 12.1 Å². The molecule has 2 nitrogen and oxygen atoms in total. The van der Waals surface area contributed by atoms with Gasteiger partial charge >= 0.3 is 0 Å². The highest BCUT2D eigenvalue weighted by atomic mass is 14.7. The molecule has 2 heteroatoms. The lowest BCUT2D eigenvalue weighted by Gasteiger charge is -1.89. The molecule has 0 saturated carbocycles. The second-order valence-corrected chi connectivity index (χ2v) is 1.90. The zero-order valence-corrected chi connectivity index (χ0v) is 5.20. The van der Waals surface area contributed by atoms with Gasteiger partial charge in [-0.2, -0.15) is 0 Å². The molecule has 2 radical (unpaired) electrons. The van der Waals surface area contributed by atoms with Crippen molar-refractivity contribution >= 4 is 11.0 Å². The molecule has 0 saturated heterocycles. The van der Waals surface area contributed by atoms with Gasteiger partial charge in [-0.25, -0.2) is 0 Å². The van der Waals surface area contributed by atoms with Crippen LogP contribution in [0.3, 0.4) is 0 Å². The number of hydrogen-bond acceptors (Lipinski definition) is 2. The van der Waals surface area contributed by atoms with Gasteiger partial charge in [0.05, 0.1) is 11.0 Å². The summed E-state index contributed by atoms with van der Waals surface area (Å²) >= 11 is 0. The van der Waals surface area contributed by atoms with E-state index >= 15 is 0 Å². The molecule has 0 aliphatic heterocycles. The summed E-state index contributed by atoms with van der Waals surface area (Å²) in [6.45, 7) is 0.